The number of tetrazole rings is 1. The molecular formula is C31H35F9N6O2. The van der Waals surface area contributed by atoms with Crippen molar-refractivity contribution in [1.82, 2.24) is 20.2 Å². The van der Waals surface area contributed by atoms with E-state index in [9.17, 15) is 44.3 Å². The number of benzene rings is 2. The predicted molar refractivity (Wildman–Crippen MR) is 157 cm³/mol. The van der Waals surface area contributed by atoms with Crippen LogP contribution in [0.4, 0.5) is 51.1 Å². The average molecular weight is 695 g/mol. The molecule has 2 unspecified atom stereocenters. The van der Waals surface area contributed by atoms with Crippen LogP contribution in [0.15, 0.2) is 36.4 Å². The number of nitrogens with zero attached hydrogens (tertiary/aromatic N) is 6. The summed E-state index contributed by atoms with van der Waals surface area (Å²) in [7, 11) is 1.39. The number of unbranched alkanes of at least 4 members (excludes halogenated alkanes) is 4. The lowest BCUT2D eigenvalue weighted by molar-refractivity contribution is -0.274. The van der Waals surface area contributed by atoms with Crippen LogP contribution in [0.3, 0.4) is 0 Å². The average Bonchev–Trinajstić information content (AvgIpc) is 3.42. The molecule has 0 fully saturated rings. The van der Waals surface area contributed by atoms with E-state index in [1.807, 2.05) is 0 Å². The number of amides is 1. The summed E-state index contributed by atoms with van der Waals surface area (Å²) in [6, 6.07) is 3.00. The molecule has 0 N–H and O–H groups in total. The molecule has 0 saturated heterocycles. The van der Waals surface area contributed by atoms with Gasteiger partial charge in [-0.05, 0) is 66.4 Å². The summed E-state index contributed by atoms with van der Waals surface area (Å²) in [5, 5.41) is 11.8. The van der Waals surface area contributed by atoms with Crippen molar-refractivity contribution in [2.45, 2.75) is 103 Å². The highest BCUT2D eigenvalue weighted by molar-refractivity contribution is 5.95. The molecule has 1 aliphatic heterocycles. The largest absolute Gasteiger partial charge is 0.573 e. The fourth-order valence-electron chi connectivity index (χ4n) is 5.90. The van der Waals surface area contributed by atoms with Crippen LogP contribution >= 0.6 is 0 Å². The molecule has 0 spiro atoms. The number of carbonyl (C=O) groups excluding carboxylic acids is 1. The Balaban J connectivity index is 1.85. The van der Waals surface area contributed by atoms with Crippen molar-refractivity contribution >= 4 is 17.5 Å². The van der Waals surface area contributed by atoms with Crippen LogP contribution in [0.1, 0.15) is 93.5 Å². The molecule has 1 amide bonds. The molecule has 2 aromatic carbocycles. The number of aryl methyl sites for hydroxylation is 1. The predicted octanol–water partition coefficient (Wildman–Crippen LogP) is 8.77. The number of hydrogen-bond acceptors (Lipinski definition) is 6. The lowest BCUT2D eigenvalue weighted by Crippen LogP contribution is -2.47. The molecule has 4 rings (SSSR count). The quantitative estimate of drug-likeness (QED) is 0.139. The summed E-state index contributed by atoms with van der Waals surface area (Å²) in [5.74, 6) is -1.09. The van der Waals surface area contributed by atoms with Crippen LogP contribution in [0.25, 0.3) is 0 Å². The molecule has 0 radical (unpaired) electrons. The smallest absolute Gasteiger partial charge is 0.406 e. The lowest BCUT2D eigenvalue weighted by atomic mass is 9.87. The van der Waals surface area contributed by atoms with Crippen LogP contribution in [0.5, 0.6) is 5.75 Å². The first kappa shape index (κ1) is 36.8. The van der Waals surface area contributed by atoms with Crippen molar-refractivity contribution < 1.29 is 49.0 Å². The number of alkyl halides is 9. The van der Waals surface area contributed by atoms with E-state index in [0.29, 0.717) is 25.0 Å². The number of ether oxygens (including phenoxy) is 1. The highest BCUT2D eigenvalue weighted by Crippen LogP contribution is 2.46. The maximum atomic E-state index is 13.7. The van der Waals surface area contributed by atoms with Gasteiger partial charge in [0, 0.05) is 30.3 Å². The number of rotatable bonds is 12. The highest BCUT2D eigenvalue weighted by atomic mass is 19.4. The molecule has 264 valence electrons. The van der Waals surface area contributed by atoms with Crippen molar-refractivity contribution in [3.8, 4) is 5.75 Å². The van der Waals surface area contributed by atoms with Gasteiger partial charge in [-0.1, -0.05) is 44.6 Å². The van der Waals surface area contributed by atoms with Gasteiger partial charge < -0.3 is 14.5 Å². The van der Waals surface area contributed by atoms with E-state index in [0.717, 1.165) is 42.6 Å². The van der Waals surface area contributed by atoms with Gasteiger partial charge in [0.2, 0.25) is 5.91 Å². The normalized spacial score (nSPS) is 17.0. The van der Waals surface area contributed by atoms with Gasteiger partial charge in [0.15, 0.2) is 0 Å². The Kier molecular flexibility index (Phi) is 11.2. The summed E-state index contributed by atoms with van der Waals surface area (Å²) in [6.45, 7) is 3.23. The highest BCUT2D eigenvalue weighted by Gasteiger charge is 2.41. The van der Waals surface area contributed by atoms with E-state index in [2.05, 4.69) is 27.1 Å². The minimum Gasteiger partial charge on any atom is -0.406 e. The van der Waals surface area contributed by atoms with Gasteiger partial charge in [0.05, 0.1) is 24.2 Å². The number of aromatic nitrogens is 4. The van der Waals surface area contributed by atoms with Crippen LogP contribution in [-0.2, 0) is 30.7 Å². The Hall–Kier alpha value is -4.05. The molecular weight excluding hydrogens is 659 g/mol. The Bertz CT molecular complexity index is 1520. The van der Waals surface area contributed by atoms with Gasteiger partial charge in [-0.3, -0.25) is 4.79 Å². The summed E-state index contributed by atoms with van der Waals surface area (Å²) in [6.07, 6.45) is -10.4. The molecule has 17 heteroatoms. The molecule has 1 aliphatic rings. The fraction of sp³-hybridized carbons (Fsp3) is 0.548. The SMILES string of the molecule is CCCCCCCC(=O)N1c2ccc(OC(F)(F)F)cc2C(N(Cc2cc(C(F)(F)F)cc(C(F)(F)F)c2)c2nnn(C)n2)CC1CC. The van der Waals surface area contributed by atoms with Crippen molar-refractivity contribution in [2.24, 2.45) is 7.05 Å². The van der Waals surface area contributed by atoms with Crippen molar-refractivity contribution in [1.29, 1.82) is 0 Å². The molecule has 0 bridgehead atoms. The standard InChI is InChI=1S/C31H35F9N6O2/c1-4-6-7-8-9-10-27(47)46-22(5-2)16-26(24-17-23(11-12-25(24)46)48-31(38,39)40)45(28-41-43-44(3)42-28)18-19-13-20(29(32,33)34)15-21(14-19)30(35,36)37/h11-15,17,22,26H,4-10,16,18H2,1-3H3. The van der Waals surface area contributed by atoms with Gasteiger partial charge in [-0.15, -0.1) is 18.3 Å². The van der Waals surface area contributed by atoms with Crippen LogP contribution < -0.4 is 14.5 Å². The third-order valence-corrected chi connectivity index (χ3v) is 8.08. The van der Waals surface area contributed by atoms with Crippen molar-refractivity contribution in [3.05, 3.63) is 58.7 Å². The van der Waals surface area contributed by atoms with E-state index in [1.54, 1.807) is 6.92 Å². The van der Waals surface area contributed by atoms with Gasteiger partial charge in [0.1, 0.15) is 5.75 Å². The second-order valence-corrected chi connectivity index (χ2v) is 11.6. The van der Waals surface area contributed by atoms with E-state index < -0.39 is 59.8 Å². The Morgan fingerprint density at radius 3 is 2.10 bits per heavy atom. The summed E-state index contributed by atoms with van der Waals surface area (Å²) in [4.78, 5) is 17.4. The second kappa shape index (κ2) is 14.6. The number of fused-ring (bicyclic) bond motifs is 1. The number of carbonyl (C=O) groups is 1. The van der Waals surface area contributed by atoms with E-state index in [1.165, 1.54) is 22.9 Å². The Morgan fingerprint density at radius 2 is 1.56 bits per heavy atom. The van der Waals surface area contributed by atoms with Crippen LogP contribution in [-0.4, -0.2) is 38.5 Å². The zero-order chi connectivity index (χ0) is 35.4. The number of halogens is 9. The lowest BCUT2D eigenvalue weighted by Gasteiger charge is -2.44. The minimum absolute atomic E-state index is 0.00390. The Labute approximate surface area is 270 Å². The van der Waals surface area contributed by atoms with Gasteiger partial charge in [0.25, 0.3) is 5.95 Å². The van der Waals surface area contributed by atoms with Crippen LogP contribution in [0, 0.1) is 0 Å². The topological polar surface area (TPSA) is 76.4 Å². The second-order valence-electron chi connectivity index (χ2n) is 11.6. The number of anilines is 2. The first-order valence-electron chi connectivity index (χ1n) is 15.4. The van der Waals surface area contributed by atoms with E-state index >= 15 is 0 Å². The zero-order valence-corrected chi connectivity index (χ0v) is 26.4. The Morgan fingerprint density at radius 1 is 0.917 bits per heavy atom. The fourth-order valence-corrected chi connectivity index (χ4v) is 5.90. The molecule has 48 heavy (non-hydrogen) atoms. The number of hydrogen-bond donors (Lipinski definition) is 0. The third kappa shape index (κ3) is 9.09. The molecule has 0 saturated carbocycles. The van der Waals surface area contributed by atoms with Gasteiger partial charge in [-0.2, -0.15) is 31.1 Å². The molecule has 2 atom stereocenters. The molecule has 8 nitrogen and oxygen atoms in total. The maximum absolute atomic E-state index is 13.7. The summed E-state index contributed by atoms with van der Waals surface area (Å²) in [5.41, 5.74) is -3.12. The summed E-state index contributed by atoms with van der Waals surface area (Å²) < 4.78 is 126. The molecule has 0 aliphatic carbocycles. The van der Waals surface area contributed by atoms with Gasteiger partial charge in [-0.25, -0.2) is 0 Å². The van der Waals surface area contributed by atoms with Crippen molar-refractivity contribution in [2.75, 3.05) is 9.80 Å². The zero-order valence-electron chi connectivity index (χ0n) is 26.4. The van der Waals surface area contributed by atoms with Crippen molar-refractivity contribution in [3.63, 3.8) is 0 Å². The molecule has 1 aromatic heterocycles. The first-order valence-corrected chi connectivity index (χ1v) is 15.4. The molecule has 3 aromatic rings. The van der Waals surface area contributed by atoms with E-state index in [4.69, 9.17) is 0 Å². The maximum Gasteiger partial charge on any atom is 0.573 e. The third-order valence-electron chi connectivity index (χ3n) is 8.08. The first-order chi connectivity index (χ1) is 22.4. The van der Waals surface area contributed by atoms with Crippen LogP contribution in [0.2, 0.25) is 0 Å². The minimum atomic E-state index is -5.11. The van der Waals surface area contributed by atoms with E-state index in [-0.39, 0.29) is 42.0 Å². The summed E-state index contributed by atoms with van der Waals surface area (Å²) >= 11 is 0. The van der Waals surface area contributed by atoms with Gasteiger partial charge >= 0.3 is 18.7 Å². The monoisotopic (exact) mass is 694 g/mol. The molecule has 2 heterocycles.